The van der Waals surface area contributed by atoms with E-state index in [0.29, 0.717) is 12.1 Å². The number of nitrogens with zero attached hydrogens (tertiary/aromatic N) is 4. The van der Waals surface area contributed by atoms with Gasteiger partial charge >= 0.3 is 0 Å². The number of hydrogen-bond donors (Lipinski definition) is 4. The number of rotatable bonds is 4. The zero-order chi connectivity index (χ0) is 27.8. The van der Waals surface area contributed by atoms with Gasteiger partial charge in [-0.15, -0.1) is 0 Å². The lowest BCUT2D eigenvalue weighted by atomic mass is 10.0. The Balaban J connectivity index is 0.000000680. The molecule has 2 aromatic carbocycles. The molecule has 0 radical (unpaired) electrons. The molecule has 0 saturated carbocycles. The van der Waals surface area contributed by atoms with E-state index in [1.165, 1.54) is 16.5 Å². The summed E-state index contributed by atoms with van der Waals surface area (Å²) >= 11 is 0. The third-order valence-electron chi connectivity index (χ3n) is 6.99. The smallest absolute Gasteiger partial charge is 0.300 e. The van der Waals surface area contributed by atoms with E-state index in [2.05, 4.69) is 117 Å². The maximum Gasteiger partial charge on any atom is 0.300 e. The summed E-state index contributed by atoms with van der Waals surface area (Å²) in [5.74, 6) is 1.10. The van der Waals surface area contributed by atoms with E-state index in [1.54, 1.807) is 0 Å². The van der Waals surface area contributed by atoms with E-state index in [1.807, 2.05) is 0 Å². The monoisotopic (exact) mass is 533 g/mol. The maximum atomic E-state index is 9.00. The van der Waals surface area contributed by atoms with Crippen molar-refractivity contribution in [1.29, 1.82) is 0 Å². The molecule has 0 aliphatic carbocycles. The van der Waals surface area contributed by atoms with Crippen LogP contribution < -0.4 is 10.6 Å². The van der Waals surface area contributed by atoms with Crippen LogP contribution in [0.3, 0.4) is 0 Å². The highest BCUT2D eigenvalue weighted by molar-refractivity contribution is 6.05. The predicted octanol–water partition coefficient (Wildman–Crippen LogP) is 4.72. The molecular formula is C31H31N7O2. The zero-order valence-corrected chi connectivity index (χ0v) is 22.6. The summed E-state index contributed by atoms with van der Waals surface area (Å²) in [4.78, 5) is 26.5. The van der Waals surface area contributed by atoms with Gasteiger partial charge in [0.2, 0.25) is 0 Å². The minimum absolute atomic E-state index is 0.381. The number of aromatic amines is 1. The summed E-state index contributed by atoms with van der Waals surface area (Å²) in [5.41, 5.74) is 8.64. The summed E-state index contributed by atoms with van der Waals surface area (Å²) in [6.45, 7) is 7.02. The van der Waals surface area contributed by atoms with Crippen LogP contribution in [0.2, 0.25) is 0 Å². The molecule has 202 valence electrons. The van der Waals surface area contributed by atoms with E-state index in [4.69, 9.17) is 14.9 Å². The van der Waals surface area contributed by atoms with E-state index in [0.717, 1.165) is 65.2 Å². The summed E-state index contributed by atoms with van der Waals surface area (Å²) in [5, 5.41) is 15.5. The third kappa shape index (κ3) is 5.05. The number of hydrogen-bond acceptors (Lipinski definition) is 6. The van der Waals surface area contributed by atoms with Crippen molar-refractivity contribution in [3.05, 3.63) is 84.3 Å². The first-order valence-electron chi connectivity index (χ1n) is 13.4. The van der Waals surface area contributed by atoms with Crippen LogP contribution >= 0.6 is 0 Å². The van der Waals surface area contributed by atoms with Crippen LogP contribution in [-0.2, 0) is 4.79 Å². The minimum Gasteiger partial charge on any atom is -0.481 e. The van der Waals surface area contributed by atoms with Gasteiger partial charge in [0.25, 0.3) is 5.97 Å². The highest BCUT2D eigenvalue weighted by atomic mass is 16.4. The molecule has 4 N–H and O–H groups in total. The number of aliphatic carboxylic acids is 1. The lowest BCUT2D eigenvalue weighted by molar-refractivity contribution is -0.134. The van der Waals surface area contributed by atoms with Gasteiger partial charge in [-0.25, -0.2) is 4.98 Å². The summed E-state index contributed by atoms with van der Waals surface area (Å²) < 4.78 is 2.06. The fourth-order valence-corrected chi connectivity index (χ4v) is 5.06. The zero-order valence-electron chi connectivity index (χ0n) is 22.6. The predicted molar refractivity (Wildman–Crippen MR) is 159 cm³/mol. The van der Waals surface area contributed by atoms with Crippen molar-refractivity contribution >= 4 is 34.2 Å². The van der Waals surface area contributed by atoms with E-state index in [9.17, 15) is 0 Å². The van der Waals surface area contributed by atoms with Gasteiger partial charge in [0, 0.05) is 70.8 Å². The Hall–Kier alpha value is -4.92. The van der Waals surface area contributed by atoms with Gasteiger partial charge in [-0.1, -0.05) is 36.4 Å². The van der Waals surface area contributed by atoms with Crippen molar-refractivity contribution in [3.63, 3.8) is 0 Å². The first-order valence-corrected chi connectivity index (χ1v) is 13.4. The maximum absolute atomic E-state index is 9.00. The molecule has 5 heterocycles. The molecule has 9 heteroatoms. The molecule has 2 aliphatic rings. The Kier molecular flexibility index (Phi) is 6.55. The largest absolute Gasteiger partial charge is 0.481 e. The SMILES string of the molecule is CC(=O)O.CC1CN=C(c2ccc3c(-c4ccc(-c5cn6ccc(C7=NCC(C)N7)cc6n5)cc4)c[nH]c3c2)N1. The number of carbonyl (C=O) groups is 1. The highest BCUT2D eigenvalue weighted by Crippen LogP contribution is 2.31. The van der Waals surface area contributed by atoms with Crippen LogP contribution in [0.25, 0.3) is 38.9 Å². The van der Waals surface area contributed by atoms with E-state index >= 15 is 0 Å². The molecule has 40 heavy (non-hydrogen) atoms. The standard InChI is InChI=1S/C29H27N7.C2H4O2/c1-17-13-31-28(33-17)21-7-8-23-24(15-30-25(23)11-21)19-3-5-20(6-4-19)26-16-36-10-9-22(12-27(36)35-26)29-32-14-18(2)34-29;1-2(3)4/h3-12,15-18,30H,13-14H2,1-2H3,(H,31,33)(H,32,34);1H3,(H,3,4). The quantitative estimate of drug-likeness (QED) is 0.267. The number of aliphatic imine (C=N–C) groups is 2. The lowest BCUT2D eigenvalue weighted by Gasteiger charge is -2.06. The number of H-pyrrole nitrogens is 1. The number of aromatic nitrogens is 3. The van der Waals surface area contributed by atoms with Crippen LogP contribution in [-0.4, -0.2) is 62.3 Å². The Morgan fingerprint density at radius 3 is 2.10 bits per heavy atom. The molecule has 2 unspecified atom stereocenters. The highest BCUT2D eigenvalue weighted by Gasteiger charge is 2.17. The molecule has 7 rings (SSSR count). The number of carboxylic acid groups (broad SMARTS) is 1. The van der Waals surface area contributed by atoms with Gasteiger partial charge in [-0.05, 0) is 37.6 Å². The van der Waals surface area contributed by atoms with Crippen LogP contribution in [0.4, 0.5) is 0 Å². The first kappa shape index (κ1) is 25.4. The van der Waals surface area contributed by atoms with Gasteiger partial charge in [0.15, 0.2) is 0 Å². The van der Waals surface area contributed by atoms with Gasteiger partial charge < -0.3 is 25.1 Å². The van der Waals surface area contributed by atoms with Gasteiger partial charge in [0.1, 0.15) is 17.3 Å². The molecule has 0 saturated heterocycles. The molecule has 5 aromatic rings. The van der Waals surface area contributed by atoms with Crippen LogP contribution in [0.5, 0.6) is 0 Å². The lowest BCUT2D eigenvalue weighted by Crippen LogP contribution is -2.27. The molecule has 2 aliphatic heterocycles. The average Bonchev–Trinajstić information content (AvgIpc) is 3.74. The Bertz CT molecular complexity index is 1770. The summed E-state index contributed by atoms with van der Waals surface area (Å²) in [7, 11) is 0. The van der Waals surface area contributed by atoms with Gasteiger partial charge in [-0.2, -0.15) is 0 Å². The Morgan fingerprint density at radius 2 is 1.48 bits per heavy atom. The fourth-order valence-electron chi connectivity index (χ4n) is 5.06. The normalized spacial score (nSPS) is 18.1. The second kappa shape index (κ2) is 10.3. The molecule has 0 spiro atoms. The van der Waals surface area contributed by atoms with Crippen molar-refractivity contribution in [1.82, 2.24) is 25.0 Å². The number of nitrogens with one attached hydrogen (secondary N) is 3. The molecule has 0 amide bonds. The van der Waals surface area contributed by atoms with Crippen LogP contribution in [0.15, 0.2) is 83.2 Å². The molecule has 0 fully saturated rings. The molecule has 3 aromatic heterocycles. The number of amidine groups is 2. The molecule has 0 bridgehead atoms. The van der Waals surface area contributed by atoms with Crippen molar-refractivity contribution in [2.75, 3.05) is 13.1 Å². The van der Waals surface area contributed by atoms with E-state index < -0.39 is 5.97 Å². The summed E-state index contributed by atoms with van der Waals surface area (Å²) in [6.07, 6.45) is 6.22. The van der Waals surface area contributed by atoms with Gasteiger partial charge in [-0.3, -0.25) is 14.8 Å². The molecule has 2 atom stereocenters. The minimum atomic E-state index is -0.833. The number of imidazole rings is 1. The summed E-state index contributed by atoms with van der Waals surface area (Å²) in [6, 6.07) is 20.1. The number of pyridine rings is 1. The first-order chi connectivity index (χ1) is 19.3. The topological polar surface area (TPSA) is 119 Å². The fraction of sp³-hybridized carbons (Fsp3) is 0.226. The Morgan fingerprint density at radius 1 is 0.875 bits per heavy atom. The van der Waals surface area contributed by atoms with Crippen molar-refractivity contribution in [2.45, 2.75) is 32.9 Å². The van der Waals surface area contributed by atoms with E-state index in [-0.39, 0.29) is 0 Å². The molecule has 9 nitrogen and oxygen atoms in total. The Labute approximate surface area is 231 Å². The second-order valence-electron chi connectivity index (χ2n) is 10.3. The molecular weight excluding hydrogens is 502 g/mol. The number of fused-ring (bicyclic) bond motifs is 2. The van der Waals surface area contributed by atoms with Gasteiger partial charge in [0.05, 0.1) is 18.8 Å². The van der Waals surface area contributed by atoms with Crippen molar-refractivity contribution < 1.29 is 9.90 Å². The second-order valence-corrected chi connectivity index (χ2v) is 10.3. The van der Waals surface area contributed by atoms with Crippen molar-refractivity contribution in [3.8, 4) is 22.4 Å². The number of carboxylic acids is 1. The van der Waals surface area contributed by atoms with Crippen LogP contribution in [0.1, 0.15) is 31.9 Å². The van der Waals surface area contributed by atoms with Crippen molar-refractivity contribution in [2.24, 2.45) is 9.98 Å². The number of benzene rings is 2. The van der Waals surface area contributed by atoms with Crippen LogP contribution in [0, 0.1) is 0 Å². The third-order valence-corrected chi connectivity index (χ3v) is 6.99. The average molecular weight is 534 g/mol.